The minimum absolute atomic E-state index is 0.0783. The molecule has 1 aromatic rings. The molecule has 0 aliphatic rings. The molecule has 0 radical (unpaired) electrons. The van der Waals surface area contributed by atoms with Crippen molar-refractivity contribution in [3.05, 3.63) is 34.4 Å². The van der Waals surface area contributed by atoms with E-state index in [4.69, 9.17) is 5.73 Å². The van der Waals surface area contributed by atoms with Crippen LogP contribution in [0, 0.1) is 6.92 Å². The van der Waals surface area contributed by atoms with Gasteiger partial charge in [-0.25, -0.2) is 0 Å². The molecule has 3 nitrogen and oxygen atoms in total. The Kier molecular flexibility index (Phi) is 4.00. The summed E-state index contributed by atoms with van der Waals surface area (Å²) >= 11 is 0. The molecule has 0 aliphatic heterocycles. The van der Waals surface area contributed by atoms with Crippen LogP contribution in [0.5, 0.6) is 0 Å². The highest BCUT2D eigenvalue weighted by Gasteiger charge is 2.11. The van der Waals surface area contributed by atoms with Crippen LogP contribution in [0.25, 0.3) is 0 Å². The van der Waals surface area contributed by atoms with Gasteiger partial charge in [-0.2, -0.15) is 0 Å². The zero-order valence-electron chi connectivity index (χ0n) is 9.55. The summed E-state index contributed by atoms with van der Waals surface area (Å²) < 4.78 is 0. The Morgan fingerprint density at radius 2 is 2.13 bits per heavy atom. The third-order valence-electron chi connectivity index (χ3n) is 2.66. The minimum Gasteiger partial charge on any atom is -0.326 e. The van der Waals surface area contributed by atoms with Crippen molar-refractivity contribution in [1.82, 2.24) is 5.32 Å². The van der Waals surface area contributed by atoms with Gasteiger partial charge >= 0.3 is 0 Å². The molecule has 0 fully saturated rings. The molecule has 3 heteroatoms. The lowest BCUT2D eigenvalue weighted by Crippen LogP contribution is -2.12. The molecular weight excluding hydrogens is 188 g/mol. The summed E-state index contributed by atoms with van der Waals surface area (Å²) in [5.74, 6) is 0.0783. The molecule has 15 heavy (non-hydrogen) atoms. The van der Waals surface area contributed by atoms with Crippen molar-refractivity contribution in [3.8, 4) is 0 Å². The largest absolute Gasteiger partial charge is 0.326 e. The molecule has 0 spiro atoms. The van der Waals surface area contributed by atoms with Gasteiger partial charge in [-0.1, -0.05) is 12.1 Å². The number of rotatable bonds is 4. The molecule has 0 unspecified atom stereocenters. The summed E-state index contributed by atoms with van der Waals surface area (Å²) in [6.45, 7) is 4.81. The predicted molar refractivity (Wildman–Crippen MR) is 61.8 cm³/mol. The maximum Gasteiger partial charge on any atom is 0.160 e. The van der Waals surface area contributed by atoms with E-state index in [0.29, 0.717) is 6.54 Å². The first-order valence-corrected chi connectivity index (χ1v) is 5.08. The van der Waals surface area contributed by atoms with Crippen LogP contribution in [0.1, 0.15) is 34.0 Å². The lowest BCUT2D eigenvalue weighted by molar-refractivity contribution is 0.101. The van der Waals surface area contributed by atoms with Crippen LogP contribution in [0.4, 0.5) is 0 Å². The number of hydrogen-bond acceptors (Lipinski definition) is 3. The predicted octanol–water partition coefficient (Wildman–Crippen LogP) is 1.38. The van der Waals surface area contributed by atoms with E-state index >= 15 is 0 Å². The fourth-order valence-electron chi connectivity index (χ4n) is 1.78. The molecule has 0 amide bonds. The van der Waals surface area contributed by atoms with Gasteiger partial charge in [0.05, 0.1) is 0 Å². The highest BCUT2D eigenvalue weighted by molar-refractivity contribution is 5.96. The normalized spacial score (nSPS) is 10.4. The Balaban J connectivity index is 3.26. The van der Waals surface area contributed by atoms with E-state index in [1.165, 1.54) is 5.56 Å². The second-order valence-electron chi connectivity index (χ2n) is 3.67. The van der Waals surface area contributed by atoms with Crippen LogP contribution in [-0.4, -0.2) is 12.8 Å². The number of benzene rings is 1. The quantitative estimate of drug-likeness (QED) is 0.732. The molecule has 0 atom stereocenters. The fraction of sp³-hybridized carbons (Fsp3) is 0.417. The number of nitrogens with two attached hydrogens (primary N) is 1. The van der Waals surface area contributed by atoms with Gasteiger partial charge in [0.2, 0.25) is 0 Å². The second-order valence-corrected chi connectivity index (χ2v) is 3.67. The monoisotopic (exact) mass is 206 g/mol. The lowest BCUT2D eigenvalue weighted by atomic mass is 9.95. The van der Waals surface area contributed by atoms with Crippen LogP contribution in [0.3, 0.4) is 0 Å². The highest BCUT2D eigenvalue weighted by Crippen LogP contribution is 2.18. The van der Waals surface area contributed by atoms with E-state index in [2.05, 4.69) is 5.32 Å². The van der Waals surface area contributed by atoms with E-state index in [1.54, 1.807) is 6.92 Å². The minimum atomic E-state index is 0.0783. The molecule has 1 aromatic carbocycles. The first-order valence-electron chi connectivity index (χ1n) is 5.08. The molecule has 1 rings (SSSR count). The van der Waals surface area contributed by atoms with Crippen LogP contribution in [-0.2, 0) is 13.1 Å². The molecule has 0 heterocycles. The van der Waals surface area contributed by atoms with E-state index < -0.39 is 0 Å². The van der Waals surface area contributed by atoms with Gasteiger partial charge in [0, 0.05) is 18.7 Å². The van der Waals surface area contributed by atoms with Crippen LogP contribution < -0.4 is 11.1 Å². The Labute approximate surface area is 90.7 Å². The number of carbonyl (C=O) groups is 1. The van der Waals surface area contributed by atoms with Crippen LogP contribution >= 0.6 is 0 Å². The zero-order valence-corrected chi connectivity index (χ0v) is 9.55. The maximum absolute atomic E-state index is 11.4. The number of nitrogens with one attached hydrogen (secondary N) is 1. The van der Waals surface area contributed by atoms with Gasteiger partial charge in [-0.05, 0) is 37.6 Å². The van der Waals surface area contributed by atoms with Gasteiger partial charge in [0.25, 0.3) is 0 Å². The van der Waals surface area contributed by atoms with Crippen molar-refractivity contribution in [1.29, 1.82) is 0 Å². The molecule has 0 saturated carbocycles. The van der Waals surface area contributed by atoms with Gasteiger partial charge in [0.1, 0.15) is 0 Å². The molecule has 3 N–H and O–H groups in total. The molecule has 0 bridgehead atoms. The van der Waals surface area contributed by atoms with Crippen molar-refractivity contribution in [2.45, 2.75) is 26.9 Å². The number of hydrogen-bond donors (Lipinski definition) is 2. The molecule has 0 aliphatic carbocycles. The SMILES string of the molecule is CNCc1ccc(C(C)=O)c(CN)c1C. The summed E-state index contributed by atoms with van der Waals surface area (Å²) in [6, 6.07) is 3.85. The highest BCUT2D eigenvalue weighted by atomic mass is 16.1. The molecule has 0 aromatic heterocycles. The first kappa shape index (κ1) is 11.9. The van der Waals surface area contributed by atoms with E-state index in [0.717, 1.165) is 23.2 Å². The van der Waals surface area contributed by atoms with Crippen molar-refractivity contribution >= 4 is 5.78 Å². The molecular formula is C12H18N2O. The standard InChI is InChI=1S/C12H18N2O/c1-8-10(7-14-3)4-5-11(9(2)15)12(8)6-13/h4-5,14H,6-7,13H2,1-3H3. The Morgan fingerprint density at radius 1 is 1.47 bits per heavy atom. The smallest absolute Gasteiger partial charge is 0.160 e. The summed E-state index contributed by atoms with van der Waals surface area (Å²) in [5.41, 5.74) is 9.72. The van der Waals surface area contributed by atoms with Crippen molar-refractivity contribution in [2.24, 2.45) is 5.73 Å². The van der Waals surface area contributed by atoms with Gasteiger partial charge in [-0.15, -0.1) is 0 Å². The number of ketones is 1. The van der Waals surface area contributed by atoms with Crippen molar-refractivity contribution in [2.75, 3.05) is 7.05 Å². The van der Waals surface area contributed by atoms with E-state index in [9.17, 15) is 4.79 Å². The third-order valence-corrected chi connectivity index (χ3v) is 2.66. The maximum atomic E-state index is 11.4. The molecule has 82 valence electrons. The van der Waals surface area contributed by atoms with Gasteiger partial charge in [0.15, 0.2) is 5.78 Å². The van der Waals surface area contributed by atoms with Gasteiger partial charge < -0.3 is 11.1 Å². The summed E-state index contributed by atoms with van der Waals surface area (Å²) in [4.78, 5) is 11.4. The Morgan fingerprint density at radius 3 is 2.60 bits per heavy atom. The summed E-state index contributed by atoms with van der Waals surface area (Å²) in [6.07, 6.45) is 0. The average molecular weight is 206 g/mol. The lowest BCUT2D eigenvalue weighted by Gasteiger charge is -2.13. The first-order chi connectivity index (χ1) is 7.11. The summed E-state index contributed by atoms with van der Waals surface area (Å²) in [7, 11) is 1.90. The Bertz CT molecular complexity index is 372. The molecule has 0 saturated heterocycles. The van der Waals surface area contributed by atoms with Crippen molar-refractivity contribution in [3.63, 3.8) is 0 Å². The van der Waals surface area contributed by atoms with E-state index in [-0.39, 0.29) is 5.78 Å². The van der Waals surface area contributed by atoms with E-state index in [1.807, 2.05) is 26.1 Å². The zero-order chi connectivity index (χ0) is 11.4. The van der Waals surface area contributed by atoms with Crippen molar-refractivity contribution < 1.29 is 4.79 Å². The fourth-order valence-corrected chi connectivity index (χ4v) is 1.78. The van der Waals surface area contributed by atoms with Crippen LogP contribution in [0.15, 0.2) is 12.1 Å². The average Bonchev–Trinajstić information content (AvgIpc) is 2.20. The topological polar surface area (TPSA) is 55.1 Å². The number of carbonyl (C=O) groups excluding carboxylic acids is 1. The third kappa shape index (κ3) is 2.43. The van der Waals surface area contributed by atoms with Crippen LogP contribution in [0.2, 0.25) is 0 Å². The second kappa shape index (κ2) is 5.05. The van der Waals surface area contributed by atoms with Gasteiger partial charge in [-0.3, -0.25) is 4.79 Å². The Hall–Kier alpha value is -1.19. The number of Topliss-reactive ketones (excluding diaryl/α,β-unsaturated/α-hetero) is 1. The summed E-state index contributed by atoms with van der Waals surface area (Å²) in [5, 5.41) is 3.10.